The first-order valence-electron chi connectivity index (χ1n) is 6.24. The van der Waals surface area contributed by atoms with Gasteiger partial charge in [-0.05, 0) is 62.8 Å². The Morgan fingerprint density at radius 1 is 1.12 bits per heavy atom. The van der Waals surface area contributed by atoms with E-state index >= 15 is 0 Å². The van der Waals surface area contributed by atoms with Gasteiger partial charge in [0.2, 0.25) is 0 Å². The predicted octanol–water partition coefficient (Wildman–Crippen LogP) is 2.99. The lowest BCUT2D eigenvalue weighted by Crippen LogP contribution is -2.34. The second-order valence-corrected chi connectivity index (χ2v) is 5.14. The summed E-state index contributed by atoms with van der Waals surface area (Å²) in [6.07, 6.45) is 4.79. The molecule has 88 valence electrons. The van der Waals surface area contributed by atoms with E-state index in [1.807, 2.05) is 0 Å². The third kappa shape index (κ3) is 2.99. The van der Waals surface area contributed by atoms with Crippen molar-refractivity contribution in [2.45, 2.75) is 51.6 Å². The zero-order valence-electron chi connectivity index (χ0n) is 10.3. The second-order valence-electron chi connectivity index (χ2n) is 5.14. The molecule has 0 amide bonds. The van der Waals surface area contributed by atoms with Crippen LogP contribution in [0.3, 0.4) is 0 Å². The zero-order chi connectivity index (χ0) is 11.5. The third-order valence-corrected chi connectivity index (χ3v) is 3.31. The van der Waals surface area contributed by atoms with Gasteiger partial charge in [0.25, 0.3) is 0 Å². The maximum Gasteiger partial charge on any atom is 0.0347 e. The van der Waals surface area contributed by atoms with Crippen molar-refractivity contribution in [3.8, 4) is 0 Å². The van der Waals surface area contributed by atoms with Crippen LogP contribution in [0, 0.1) is 13.8 Å². The lowest BCUT2D eigenvalue weighted by atomic mass is 9.91. The van der Waals surface area contributed by atoms with Crippen LogP contribution in [0.2, 0.25) is 0 Å². The summed E-state index contributed by atoms with van der Waals surface area (Å²) >= 11 is 0. The van der Waals surface area contributed by atoms with Gasteiger partial charge in [0.1, 0.15) is 0 Å². The number of hydrogen-bond acceptors (Lipinski definition) is 2. The van der Waals surface area contributed by atoms with E-state index in [4.69, 9.17) is 5.73 Å². The van der Waals surface area contributed by atoms with Crippen molar-refractivity contribution in [3.05, 3.63) is 29.3 Å². The van der Waals surface area contributed by atoms with Crippen molar-refractivity contribution in [1.82, 2.24) is 0 Å². The van der Waals surface area contributed by atoms with Crippen LogP contribution in [0.25, 0.3) is 0 Å². The Morgan fingerprint density at radius 2 is 1.81 bits per heavy atom. The highest BCUT2D eigenvalue weighted by molar-refractivity contribution is 5.49. The van der Waals surface area contributed by atoms with E-state index in [0.717, 1.165) is 6.42 Å². The summed E-state index contributed by atoms with van der Waals surface area (Å²) in [6, 6.07) is 7.58. The Balaban J connectivity index is 2.02. The van der Waals surface area contributed by atoms with Crippen molar-refractivity contribution < 1.29 is 0 Å². The summed E-state index contributed by atoms with van der Waals surface area (Å²) in [5.74, 6) is 0. The number of nitrogens with one attached hydrogen (secondary N) is 1. The lowest BCUT2D eigenvalue weighted by Gasteiger charge is -2.28. The number of anilines is 1. The molecular weight excluding hydrogens is 196 g/mol. The van der Waals surface area contributed by atoms with Gasteiger partial charge in [0.15, 0.2) is 0 Å². The molecule has 16 heavy (non-hydrogen) atoms. The molecule has 2 unspecified atom stereocenters. The fourth-order valence-corrected chi connectivity index (χ4v) is 2.65. The SMILES string of the molecule is Cc1cc(C)cc(NC2CCCC(N)C2)c1. The van der Waals surface area contributed by atoms with Crippen LogP contribution in [-0.2, 0) is 0 Å². The topological polar surface area (TPSA) is 38.0 Å². The molecule has 2 nitrogen and oxygen atoms in total. The zero-order valence-corrected chi connectivity index (χ0v) is 10.3. The molecule has 2 heteroatoms. The van der Waals surface area contributed by atoms with Gasteiger partial charge in [-0.1, -0.05) is 6.07 Å². The molecule has 1 aliphatic rings. The highest BCUT2D eigenvalue weighted by Crippen LogP contribution is 2.22. The van der Waals surface area contributed by atoms with Crippen LogP contribution in [0.15, 0.2) is 18.2 Å². The lowest BCUT2D eigenvalue weighted by molar-refractivity contribution is 0.409. The van der Waals surface area contributed by atoms with Crippen LogP contribution in [-0.4, -0.2) is 12.1 Å². The maximum absolute atomic E-state index is 6.00. The Bertz CT molecular complexity index is 340. The standard InChI is InChI=1S/C14H22N2/c1-10-6-11(2)8-14(7-10)16-13-5-3-4-12(15)9-13/h6-8,12-13,16H,3-5,9,15H2,1-2H3. The minimum Gasteiger partial charge on any atom is -0.382 e. The van der Waals surface area contributed by atoms with Gasteiger partial charge in [-0.3, -0.25) is 0 Å². The summed E-state index contributed by atoms with van der Waals surface area (Å²) in [6.45, 7) is 4.29. The van der Waals surface area contributed by atoms with Crippen LogP contribution in [0.4, 0.5) is 5.69 Å². The first-order valence-corrected chi connectivity index (χ1v) is 6.24. The molecular formula is C14H22N2. The number of hydrogen-bond donors (Lipinski definition) is 2. The van der Waals surface area contributed by atoms with Gasteiger partial charge in [-0.2, -0.15) is 0 Å². The van der Waals surface area contributed by atoms with E-state index in [1.165, 1.54) is 36.1 Å². The molecule has 3 N–H and O–H groups in total. The normalized spacial score (nSPS) is 25.4. The van der Waals surface area contributed by atoms with E-state index in [0.29, 0.717) is 12.1 Å². The molecule has 0 radical (unpaired) electrons. The van der Waals surface area contributed by atoms with Crippen LogP contribution >= 0.6 is 0 Å². The summed E-state index contributed by atoms with van der Waals surface area (Å²) < 4.78 is 0. The van der Waals surface area contributed by atoms with E-state index in [9.17, 15) is 0 Å². The highest BCUT2D eigenvalue weighted by Gasteiger charge is 2.18. The quantitative estimate of drug-likeness (QED) is 0.801. The van der Waals surface area contributed by atoms with Gasteiger partial charge in [-0.25, -0.2) is 0 Å². The average Bonchev–Trinajstić information content (AvgIpc) is 2.15. The average molecular weight is 218 g/mol. The minimum absolute atomic E-state index is 0.386. The molecule has 0 aliphatic heterocycles. The number of benzene rings is 1. The monoisotopic (exact) mass is 218 g/mol. The van der Waals surface area contributed by atoms with Crippen molar-refractivity contribution in [3.63, 3.8) is 0 Å². The molecule has 1 aromatic rings. The van der Waals surface area contributed by atoms with Gasteiger partial charge < -0.3 is 11.1 Å². The molecule has 2 rings (SSSR count). The molecule has 1 aromatic carbocycles. The summed E-state index contributed by atoms with van der Waals surface area (Å²) in [5, 5.41) is 3.61. The predicted molar refractivity (Wildman–Crippen MR) is 69.8 cm³/mol. The molecule has 0 aromatic heterocycles. The van der Waals surface area contributed by atoms with Gasteiger partial charge in [0.05, 0.1) is 0 Å². The largest absolute Gasteiger partial charge is 0.382 e. The van der Waals surface area contributed by atoms with E-state index in [1.54, 1.807) is 0 Å². The molecule has 2 atom stereocenters. The second kappa shape index (κ2) is 4.88. The third-order valence-electron chi connectivity index (χ3n) is 3.31. The molecule has 0 spiro atoms. The molecule has 1 saturated carbocycles. The molecule has 0 heterocycles. The van der Waals surface area contributed by atoms with Crippen LogP contribution in [0.5, 0.6) is 0 Å². The Labute approximate surface area is 98.2 Å². The first kappa shape index (κ1) is 11.5. The smallest absolute Gasteiger partial charge is 0.0347 e. The Morgan fingerprint density at radius 3 is 2.44 bits per heavy atom. The van der Waals surface area contributed by atoms with Crippen molar-refractivity contribution >= 4 is 5.69 Å². The summed E-state index contributed by atoms with van der Waals surface area (Å²) in [5.41, 5.74) is 9.89. The highest BCUT2D eigenvalue weighted by atomic mass is 14.9. The number of rotatable bonds is 2. The van der Waals surface area contributed by atoms with Gasteiger partial charge >= 0.3 is 0 Å². The van der Waals surface area contributed by atoms with Crippen molar-refractivity contribution in [2.24, 2.45) is 5.73 Å². The summed E-state index contributed by atoms with van der Waals surface area (Å²) in [7, 11) is 0. The fraction of sp³-hybridized carbons (Fsp3) is 0.571. The van der Waals surface area contributed by atoms with Crippen LogP contribution in [0.1, 0.15) is 36.8 Å². The fourth-order valence-electron chi connectivity index (χ4n) is 2.65. The summed E-state index contributed by atoms with van der Waals surface area (Å²) in [4.78, 5) is 0. The molecule has 0 bridgehead atoms. The molecule has 0 saturated heterocycles. The Hall–Kier alpha value is -1.02. The maximum atomic E-state index is 6.00. The first-order chi connectivity index (χ1) is 7.63. The number of aryl methyl sites for hydroxylation is 2. The van der Waals surface area contributed by atoms with E-state index in [2.05, 4.69) is 37.4 Å². The molecule has 1 fully saturated rings. The number of nitrogens with two attached hydrogens (primary N) is 1. The van der Waals surface area contributed by atoms with Crippen LogP contribution < -0.4 is 11.1 Å². The van der Waals surface area contributed by atoms with E-state index < -0.39 is 0 Å². The van der Waals surface area contributed by atoms with Crippen molar-refractivity contribution in [2.75, 3.05) is 5.32 Å². The molecule has 1 aliphatic carbocycles. The van der Waals surface area contributed by atoms with Gasteiger partial charge in [-0.15, -0.1) is 0 Å². The van der Waals surface area contributed by atoms with Gasteiger partial charge in [0, 0.05) is 17.8 Å². The van der Waals surface area contributed by atoms with E-state index in [-0.39, 0.29) is 0 Å². The minimum atomic E-state index is 0.386. The Kier molecular flexibility index (Phi) is 3.49. The van der Waals surface area contributed by atoms with Crippen molar-refractivity contribution in [1.29, 1.82) is 0 Å².